The first kappa shape index (κ1) is 23.3. The highest BCUT2D eigenvalue weighted by Crippen LogP contribution is 2.29. The van der Waals surface area contributed by atoms with Gasteiger partial charge in [0.15, 0.2) is 0 Å². The largest absolute Gasteiger partial charge is 0.352 e. The minimum Gasteiger partial charge on any atom is -0.352 e. The molecule has 1 aliphatic rings. The Kier molecular flexibility index (Phi) is 7.05. The van der Waals surface area contributed by atoms with Gasteiger partial charge in [0.2, 0.25) is 10.0 Å². The van der Waals surface area contributed by atoms with E-state index in [1.54, 1.807) is 41.0 Å². The van der Waals surface area contributed by atoms with Gasteiger partial charge in [-0.1, -0.05) is 20.3 Å². The lowest BCUT2D eigenvalue weighted by molar-refractivity contribution is 0.0954. The van der Waals surface area contributed by atoms with E-state index < -0.39 is 10.0 Å². The van der Waals surface area contributed by atoms with Crippen molar-refractivity contribution in [2.45, 2.75) is 44.4 Å². The van der Waals surface area contributed by atoms with Crippen LogP contribution >= 0.6 is 0 Å². The second-order valence-corrected chi connectivity index (χ2v) is 10.6. The summed E-state index contributed by atoms with van der Waals surface area (Å²) < 4.78 is 28.2. The Labute approximate surface area is 195 Å². The Morgan fingerprint density at radius 3 is 2.55 bits per heavy atom. The van der Waals surface area contributed by atoms with E-state index in [0.717, 1.165) is 31.2 Å². The highest BCUT2D eigenvalue weighted by Gasteiger charge is 2.28. The Bertz CT molecular complexity index is 1240. The number of fused-ring (bicyclic) bond motifs is 1. The van der Waals surface area contributed by atoms with Crippen LogP contribution in [0.5, 0.6) is 0 Å². The molecule has 0 aliphatic carbocycles. The molecule has 1 saturated heterocycles. The van der Waals surface area contributed by atoms with E-state index in [4.69, 9.17) is 4.98 Å². The zero-order chi connectivity index (χ0) is 23.4. The summed E-state index contributed by atoms with van der Waals surface area (Å²) in [5.41, 5.74) is 2.49. The van der Waals surface area contributed by atoms with Crippen LogP contribution in [0.3, 0.4) is 0 Å². The molecule has 1 aliphatic heterocycles. The lowest BCUT2D eigenvalue weighted by atomic mass is 10.0. The molecule has 3 heterocycles. The first-order valence-corrected chi connectivity index (χ1v) is 13.0. The van der Waals surface area contributed by atoms with Crippen LogP contribution in [0.25, 0.3) is 22.2 Å². The summed E-state index contributed by atoms with van der Waals surface area (Å²) in [4.78, 5) is 22.1. The van der Waals surface area contributed by atoms with Gasteiger partial charge >= 0.3 is 0 Å². The normalized spacial score (nSPS) is 15.6. The maximum Gasteiger partial charge on any atom is 0.252 e. The lowest BCUT2D eigenvalue weighted by Gasteiger charge is -2.29. The molecule has 1 N–H and O–H groups in total. The summed E-state index contributed by atoms with van der Waals surface area (Å²) in [6.07, 6.45) is 6.91. The number of hydrogen-bond acceptors (Lipinski definition) is 5. The molecule has 0 atom stereocenters. The third-order valence-electron chi connectivity index (χ3n) is 6.20. The number of unbranched alkanes of at least 4 members (excludes halogenated alkanes) is 1. The van der Waals surface area contributed by atoms with Gasteiger partial charge in [-0.05, 0) is 61.6 Å². The quantitative estimate of drug-likeness (QED) is 0.526. The van der Waals surface area contributed by atoms with Crippen molar-refractivity contribution in [2.24, 2.45) is 5.92 Å². The topological polar surface area (TPSA) is 92.3 Å². The number of amides is 1. The molecule has 4 rings (SSSR count). The van der Waals surface area contributed by atoms with Crippen LogP contribution in [0.4, 0.5) is 0 Å². The van der Waals surface area contributed by atoms with Crippen LogP contribution in [0.2, 0.25) is 0 Å². The van der Waals surface area contributed by atoms with Crippen molar-refractivity contribution in [3.63, 3.8) is 0 Å². The van der Waals surface area contributed by atoms with Gasteiger partial charge in [-0.2, -0.15) is 4.31 Å². The van der Waals surface area contributed by atoms with Crippen molar-refractivity contribution in [3.05, 3.63) is 54.4 Å². The molecule has 174 valence electrons. The monoisotopic (exact) mass is 466 g/mol. The molecule has 1 fully saturated rings. The zero-order valence-corrected chi connectivity index (χ0v) is 19.9. The Balaban J connectivity index is 1.79. The van der Waals surface area contributed by atoms with E-state index in [-0.39, 0.29) is 10.8 Å². The van der Waals surface area contributed by atoms with Crippen molar-refractivity contribution in [3.8, 4) is 11.3 Å². The summed E-state index contributed by atoms with van der Waals surface area (Å²) in [6.45, 7) is 5.81. The number of nitrogens with zero attached hydrogens (tertiary/aromatic N) is 3. The highest BCUT2D eigenvalue weighted by atomic mass is 32.2. The Morgan fingerprint density at radius 1 is 1.12 bits per heavy atom. The maximum absolute atomic E-state index is 13.3. The highest BCUT2D eigenvalue weighted by molar-refractivity contribution is 7.89. The van der Waals surface area contributed by atoms with Crippen LogP contribution in [-0.2, 0) is 10.0 Å². The van der Waals surface area contributed by atoms with Gasteiger partial charge in [-0.15, -0.1) is 0 Å². The lowest BCUT2D eigenvalue weighted by Crippen LogP contribution is -2.37. The second-order valence-electron chi connectivity index (χ2n) is 8.67. The van der Waals surface area contributed by atoms with Gasteiger partial charge < -0.3 is 5.32 Å². The third kappa shape index (κ3) is 5.07. The average molecular weight is 467 g/mol. The van der Waals surface area contributed by atoms with E-state index in [1.807, 2.05) is 12.1 Å². The van der Waals surface area contributed by atoms with Crippen molar-refractivity contribution in [2.75, 3.05) is 19.6 Å². The third-order valence-corrected chi connectivity index (χ3v) is 8.09. The molecule has 3 aromatic rings. The summed E-state index contributed by atoms with van der Waals surface area (Å²) >= 11 is 0. The Morgan fingerprint density at radius 2 is 1.85 bits per heavy atom. The predicted octanol–water partition coefficient (Wildman–Crippen LogP) is 4.25. The van der Waals surface area contributed by atoms with Gasteiger partial charge in [0, 0.05) is 43.0 Å². The number of pyridine rings is 2. The summed E-state index contributed by atoms with van der Waals surface area (Å²) in [7, 11) is -3.64. The van der Waals surface area contributed by atoms with Crippen molar-refractivity contribution in [1.82, 2.24) is 19.6 Å². The molecule has 8 heteroatoms. The fourth-order valence-electron chi connectivity index (χ4n) is 4.07. The van der Waals surface area contributed by atoms with Crippen LogP contribution < -0.4 is 5.32 Å². The molecule has 1 amide bonds. The first-order chi connectivity index (χ1) is 15.9. The fourth-order valence-corrected chi connectivity index (χ4v) is 5.57. The van der Waals surface area contributed by atoms with Gasteiger partial charge in [0.05, 0.1) is 21.7 Å². The first-order valence-electron chi connectivity index (χ1n) is 11.5. The van der Waals surface area contributed by atoms with Crippen LogP contribution in [-0.4, -0.2) is 48.2 Å². The molecule has 0 spiro atoms. The summed E-state index contributed by atoms with van der Waals surface area (Å²) in [5, 5.41) is 3.49. The van der Waals surface area contributed by atoms with Crippen LogP contribution in [0.1, 0.15) is 49.9 Å². The van der Waals surface area contributed by atoms with Crippen molar-refractivity contribution >= 4 is 26.8 Å². The average Bonchev–Trinajstić information content (AvgIpc) is 2.84. The molecule has 2 aromatic heterocycles. The van der Waals surface area contributed by atoms with Crippen molar-refractivity contribution < 1.29 is 13.2 Å². The number of piperidine rings is 1. The van der Waals surface area contributed by atoms with Crippen molar-refractivity contribution in [1.29, 1.82) is 0 Å². The number of carbonyl (C=O) groups excluding carboxylic acids is 1. The number of aromatic nitrogens is 2. The standard InChI is InChI=1S/C25H30N4O3S/c1-3-4-11-27-25(30)22-17-24(19-7-12-26-13-8-19)28-23-6-5-20(16-21(22)23)33(31,32)29-14-9-18(2)10-15-29/h5-8,12-13,16-18H,3-4,9-11,14-15H2,1-2H3,(H,27,30). The zero-order valence-electron chi connectivity index (χ0n) is 19.1. The number of benzene rings is 1. The van der Waals surface area contributed by atoms with Crippen LogP contribution in [0, 0.1) is 5.92 Å². The van der Waals surface area contributed by atoms with Gasteiger partial charge in [-0.25, -0.2) is 13.4 Å². The Hall–Kier alpha value is -2.84. The number of carbonyl (C=O) groups is 1. The predicted molar refractivity (Wildman–Crippen MR) is 129 cm³/mol. The SMILES string of the molecule is CCCCNC(=O)c1cc(-c2ccncc2)nc2ccc(S(=O)(=O)N3CCC(C)CC3)cc12. The minimum absolute atomic E-state index is 0.200. The second kappa shape index (κ2) is 9.97. The van der Waals surface area contributed by atoms with E-state index in [1.165, 1.54) is 0 Å². The van der Waals surface area contributed by atoms with Gasteiger partial charge in [-0.3, -0.25) is 9.78 Å². The van der Waals surface area contributed by atoms with E-state index in [2.05, 4.69) is 24.1 Å². The summed E-state index contributed by atoms with van der Waals surface area (Å²) in [5.74, 6) is 0.301. The van der Waals surface area contributed by atoms with E-state index in [9.17, 15) is 13.2 Å². The smallest absolute Gasteiger partial charge is 0.252 e. The molecule has 33 heavy (non-hydrogen) atoms. The number of nitrogens with one attached hydrogen (secondary N) is 1. The molecule has 0 radical (unpaired) electrons. The molecular formula is C25H30N4O3S. The van der Waals surface area contributed by atoms with E-state index >= 15 is 0 Å². The molecule has 0 unspecified atom stereocenters. The fraction of sp³-hybridized carbons (Fsp3) is 0.400. The van der Waals surface area contributed by atoms with Gasteiger partial charge in [0.25, 0.3) is 5.91 Å². The molecule has 0 bridgehead atoms. The molecule has 1 aromatic carbocycles. The van der Waals surface area contributed by atoms with Gasteiger partial charge in [0.1, 0.15) is 0 Å². The molecule has 0 saturated carbocycles. The number of hydrogen-bond donors (Lipinski definition) is 1. The van der Waals surface area contributed by atoms with E-state index in [0.29, 0.717) is 47.7 Å². The molecular weight excluding hydrogens is 436 g/mol. The number of sulfonamides is 1. The minimum atomic E-state index is -3.64. The number of rotatable bonds is 7. The summed E-state index contributed by atoms with van der Waals surface area (Å²) in [6, 6.07) is 10.3. The maximum atomic E-state index is 13.3. The molecule has 7 nitrogen and oxygen atoms in total. The van der Waals surface area contributed by atoms with Crippen LogP contribution in [0.15, 0.2) is 53.7 Å².